The number of hydrogen-bond donors (Lipinski definition) is 3. The van der Waals surface area contributed by atoms with Gasteiger partial charge in [0.05, 0.1) is 40.1 Å². The van der Waals surface area contributed by atoms with Crippen LogP contribution < -0.4 is 0 Å². The molecule has 0 amide bonds. The topological polar surface area (TPSA) is 121 Å². The average molecular weight is 388 g/mol. The van der Waals surface area contributed by atoms with Gasteiger partial charge in [-0.1, -0.05) is 12.2 Å². The van der Waals surface area contributed by atoms with E-state index < -0.39 is 30.1 Å². The van der Waals surface area contributed by atoms with E-state index in [9.17, 15) is 19.5 Å². The van der Waals surface area contributed by atoms with Crippen molar-refractivity contribution in [2.45, 2.75) is 63.6 Å². The maximum atomic E-state index is 11.9. The van der Waals surface area contributed by atoms with Crippen molar-refractivity contribution in [2.75, 3.05) is 27.7 Å². The van der Waals surface area contributed by atoms with Crippen LogP contribution in [0.1, 0.15) is 51.4 Å². The Morgan fingerprint density at radius 3 is 2.15 bits per heavy atom. The molecule has 0 rings (SSSR count). The summed E-state index contributed by atoms with van der Waals surface area (Å²) in [6, 6.07) is 0. The molecule has 0 aromatic heterocycles. The Labute approximate surface area is 161 Å². The van der Waals surface area contributed by atoms with Crippen LogP contribution in [0.4, 0.5) is 0 Å². The number of carboxylic acids is 2. The molecule has 0 spiro atoms. The van der Waals surface area contributed by atoms with E-state index in [1.165, 1.54) is 0 Å². The number of aliphatic hydroxyl groups is 1. The summed E-state index contributed by atoms with van der Waals surface area (Å²) in [5.74, 6) is -2.42. The van der Waals surface area contributed by atoms with Gasteiger partial charge in [0.2, 0.25) is 0 Å². The minimum atomic E-state index is -1.03. The molecule has 156 valence electrons. The summed E-state index contributed by atoms with van der Waals surface area (Å²) in [6.07, 6.45) is 5.24. The molecule has 27 heavy (non-hydrogen) atoms. The lowest BCUT2D eigenvalue weighted by Crippen LogP contribution is -2.44. The molecule has 8 heteroatoms. The molecule has 2 unspecified atom stereocenters. The fourth-order valence-corrected chi connectivity index (χ4v) is 2.54. The predicted octanol–water partition coefficient (Wildman–Crippen LogP) is 1.81. The standard InChI is InChI=1S/C19H33NO7/c1-20(2,3)14-16(13-18(24)25)27-19(26)12-15(21)10-8-6-4-5-7-9-11-17(22)23/h4,6,15-16,21H,5,7-14H2,1-3H3,(H-,22,23,24,25)/p+1/b6-4+. The minimum absolute atomic E-state index is 0.167. The highest BCUT2D eigenvalue weighted by Gasteiger charge is 2.25. The maximum absolute atomic E-state index is 11.9. The SMILES string of the molecule is C[N+](C)(C)CC(CC(=O)O)OC(=O)CC(O)CC/C=C/CCCCC(=O)O. The number of nitrogens with zero attached hydrogens (tertiary/aromatic N) is 1. The zero-order chi connectivity index (χ0) is 20.9. The molecule has 8 nitrogen and oxygen atoms in total. The second kappa shape index (κ2) is 13.3. The van der Waals surface area contributed by atoms with Crippen LogP contribution in [0.25, 0.3) is 0 Å². The van der Waals surface area contributed by atoms with Gasteiger partial charge in [-0.05, 0) is 32.1 Å². The van der Waals surface area contributed by atoms with Crippen LogP contribution in [0.15, 0.2) is 12.2 Å². The van der Waals surface area contributed by atoms with Crippen molar-refractivity contribution in [1.29, 1.82) is 0 Å². The third-order valence-corrected chi connectivity index (χ3v) is 3.70. The number of ether oxygens (including phenoxy) is 1. The van der Waals surface area contributed by atoms with Crippen LogP contribution in [0, 0.1) is 0 Å². The van der Waals surface area contributed by atoms with Gasteiger partial charge in [0.1, 0.15) is 6.54 Å². The van der Waals surface area contributed by atoms with Gasteiger partial charge in [-0.15, -0.1) is 0 Å². The number of esters is 1. The van der Waals surface area contributed by atoms with Gasteiger partial charge in [0.15, 0.2) is 6.10 Å². The van der Waals surface area contributed by atoms with E-state index in [0.29, 0.717) is 30.3 Å². The van der Waals surface area contributed by atoms with Crippen LogP contribution in [-0.4, -0.2) is 77.6 Å². The predicted molar refractivity (Wildman–Crippen MR) is 100 cm³/mol. The molecule has 0 heterocycles. The number of quaternary nitrogens is 1. The highest BCUT2D eigenvalue weighted by molar-refractivity contribution is 5.72. The zero-order valence-corrected chi connectivity index (χ0v) is 16.6. The van der Waals surface area contributed by atoms with Gasteiger partial charge in [0.25, 0.3) is 0 Å². The van der Waals surface area contributed by atoms with E-state index in [1.807, 2.05) is 33.3 Å². The van der Waals surface area contributed by atoms with Crippen molar-refractivity contribution in [3.05, 3.63) is 12.2 Å². The summed E-state index contributed by atoms with van der Waals surface area (Å²) in [4.78, 5) is 33.2. The summed E-state index contributed by atoms with van der Waals surface area (Å²) in [5.41, 5.74) is 0. The molecule has 0 saturated carbocycles. The molecule has 0 aromatic carbocycles. The maximum Gasteiger partial charge on any atom is 0.308 e. The monoisotopic (exact) mass is 388 g/mol. The number of rotatable bonds is 15. The van der Waals surface area contributed by atoms with Crippen LogP contribution >= 0.6 is 0 Å². The Kier molecular flexibility index (Phi) is 12.3. The minimum Gasteiger partial charge on any atom is -0.481 e. The van der Waals surface area contributed by atoms with E-state index >= 15 is 0 Å². The molecule has 0 aromatic rings. The quantitative estimate of drug-likeness (QED) is 0.169. The summed E-state index contributed by atoms with van der Waals surface area (Å²) in [7, 11) is 5.64. The Bertz CT molecular complexity index is 497. The fraction of sp³-hybridized carbons (Fsp3) is 0.737. The highest BCUT2D eigenvalue weighted by Crippen LogP contribution is 2.10. The summed E-state index contributed by atoms with van der Waals surface area (Å²) >= 11 is 0. The van der Waals surface area contributed by atoms with Crippen LogP contribution in [0.2, 0.25) is 0 Å². The van der Waals surface area contributed by atoms with Crippen LogP contribution in [-0.2, 0) is 19.1 Å². The Morgan fingerprint density at radius 2 is 1.59 bits per heavy atom. The fourth-order valence-electron chi connectivity index (χ4n) is 2.54. The number of carbonyl (C=O) groups excluding carboxylic acids is 1. The van der Waals surface area contributed by atoms with E-state index in [-0.39, 0.29) is 19.3 Å². The molecule has 0 aliphatic rings. The lowest BCUT2D eigenvalue weighted by Gasteiger charge is -2.28. The number of aliphatic hydroxyl groups excluding tert-OH is 1. The largest absolute Gasteiger partial charge is 0.481 e. The summed E-state index contributed by atoms with van der Waals surface area (Å²) in [5, 5.41) is 27.4. The number of carbonyl (C=O) groups is 3. The Morgan fingerprint density at radius 1 is 0.963 bits per heavy atom. The first-order valence-corrected chi connectivity index (χ1v) is 9.26. The number of carboxylic acid groups (broad SMARTS) is 2. The summed E-state index contributed by atoms with van der Waals surface area (Å²) in [6.45, 7) is 0.374. The van der Waals surface area contributed by atoms with Crippen molar-refractivity contribution >= 4 is 17.9 Å². The number of likely N-dealkylation sites (N-methyl/N-ethyl adjacent to an activating group) is 1. The smallest absolute Gasteiger partial charge is 0.308 e. The first kappa shape index (κ1) is 25.1. The van der Waals surface area contributed by atoms with Gasteiger partial charge in [-0.2, -0.15) is 0 Å². The Hall–Kier alpha value is -1.93. The second-order valence-corrected chi connectivity index (χ2v) is 7.73. The van der Waals surface area contributed by atoms with Gasteiger partial charge >= 0.3 is 17.9 Å². The van der Waals surface area contributed by atoms with Crippen LogP contribution in [0.5, 0.6) is 0 Å². The lowest BCUT2D eigenvalue weighted by molar-refractivity contribution is -0.873. The molecular formula is C19H34NO7+. The summed E-state index contributed by atoms with van der Waals surface area (Å²) < 4.78 is 5.70. The Balaban J connectivity index is 4.10. The molecule has 0 aliphatic carbocycles. The normalized spacial score (nSPS) is 14.1. The molecule has 0 aliphatic heterocycles. The molecule has 0 bridgehead atoms. The lowest BCUT2D eigenvalue weighted by atomic mass is 10.1. The van der Waals surface area contributed by atoms with E-state index in [1.54, 1.807) is 0 Å². The van der Waals surface area contributed by atoms with Crippen molar-refractivity contribution < 1.29 is 38.9 Å². The molecule has 0 radical (unpaired) electrons. The van der Waals surface area contributed by atoms with E-state index in [0.717, 1.165) is 12.8 Å². The molecular weight excluding hydrogens is 354 g/mol. The van der Waals surface area contributed by atoms with Gasteiger partial charge < -0.3 is 24.5 Å². The van der Waals surface area contributed by atoms with Crippen molar-refractivity contribution in [3.63, 3.8) is 0 Å². The third-order valence-electron chi connectivity index (χ3n) is 3.70. The highest BCUT2D eigenvalue weighted by atomic mass is 16.5. The number of unbranched alkanes of at least 4 members (excludes halogenated alkanes) is 2. The van der Waals surface area contributed by atoms with E-state index in [4.69, 9.17) is 14.9 Å². The van der Waals surface area contributed by atoms with Crippen molar-refractivity contribution in [2.24, 2.45) is 0 Å². The molecule has 0 saturated heterocycles. The number of allylic oxidation sites excluding steroid dienone is 2. The van der Waals surface area contributed by atoms with Crippen LogP contribution in [0.3, 0.4) is 0 Å². The van der Waals surface area contributed by atoms with Crippen molar-refractivity contribution in [1.82, 2.24) is 0 Å². The van der Waals surface area contributed by atoms with Crippen molar-refractivity contribution in [3.8, 4) is 0 Å². The van der Waals surface area contributed by atoms with Gasteiger partial charge in [-0.25, -0.2) is 0 Å². The average Bonchev–Trinajstić information content (AvgIpc) is 2.46. The van der Waals surface area contributed by atoms with E-state index in [2.05, 4.69) is 0 Å². The molecule has 2 atom stereocenters. The zero-order valence-electron chi connectivity index (χ0n) is 16.6. The number of hydrogen-bond acceptors (Lipinski definition) is 5. The molecule has 0 fully saturated rings. The van der Waals surface area contributed by atoms with Gasteiger partial charge in [0, 0.05) is 6.42 Å². The van der Waals surface area contributed by atoms with Gasteiger partial charge in [-0.3, -0.25) is 14.4 Å². The molecule has 3 N–H and O–H groups in total. The second-order valence-electron chi connectivity index (χ2n) is 7.73. The first-order valence-electron chi connectivity index (χ1n) is 9.26. The first-order chi connectivity index (χ1) is 12.5. The third kappa shape index (κ3) is 17.3. The number of aliphatic carboxylic acids is 2.